The maximum Gasteiger partial charge on any atom is 0.348 e. The van der Waals surface area contributed by atoms with Gasteiger partial charge in [-0.3, -0.25) is 4.55 Å². The zero-order valence-electron chi connectivity index (χ0n) is 23.4. The molecule has 1 aromatic heterocycles. The Bertz CT molecular complexity index is 1880. The van der Waals surface area contributed by atoms with E-state index in [4.69, 9.17) is 9.15 Å². The van der Waals surface area contributed by atoms with Crippen molar-refractivity contribution in [1.29, 1.82) is 0 Å². The summed E-state index contributed by atoms with van der Waals surface area (Å²) in [5, 5.41) is 4.59. The molecule has 1 aliphatic rings. The van der Waals surface area contributed by atoms with E-state index in [0.717, 1.165) is 58.0 Å². The number of oxazole rings is 1. The van der Waals surface area contributed by atoms with E-state index < -0.39 is 10.1 Å². The van der Waals surface area contributed by atoms with Gasteiger partial charge in [-0.2, -0.15) is 13.0 Å². The molecule has 0 bridgehead atoms. The van der Waals surface area contributed by atoms with Crippen molar-refractivity contribution in [2.24, 2.45) is 5.92 Å². The fraction of sp³-hybridized carbons (Fsp3) is 0.303. The minimum Gasteiger partial charge on any atom is -0.439 e. The molecule has 212 valence electrons. The quantitative estimate of drug-likeness (QED) is 0.110. The first-order valence-corrected chi connectivity index (χ1v) is 15.9. The smallest absolute Gasteiger partial charge is 0.348 e. The van der Waals surface area contributed by atoms with Crippen LogP contribution in [0.2, 0.25) is 0 Å². The van der Waals surface area contributed by atoms with Crippen LogP contribution in [0.1, 0.15) is 39.0 Å². The molecule has 0 fully saturated rings. The van der Waals surface area contributed by atoms with Crippen LogP contribution in [-0.2, 0) is 23.1 Å². The summed E-state index contributed by atoms with van der Waals surface area (Å²) in [7, 11) is -3.99. The first kappa shape index (κ1) is 27.3. The topological polar surface area (TPSA) is 83.9 Å². The fourth-order valence-electron chi connectivity index (χ4n) is 5.83. The van der Waals surface area contributed by atoms with Gasteiger partial charge in [-0.05, 0) is 60.1 Å². The molecule has 7 nitrogen and oxygen atoms in total. The van der Waals surface area contributed by atoms with Crippen molar-refractivity contribution in [2.45, 2.75) is 46.1 Å². The van der Waals surface area contributed by atoms with E-state index in [-0.39, 0.29) is 11.7 Å². The fourth-order valence-corrected chi connectivity index (χ4v) is 6.40. The SMILES string of the molecule is CCC(/C=C1\Oc2ccc3ccccc3c2N1CC)Cc1oc2cc3ccccc3cc2[n+]1CCCCS(=O)(=O)O. The van der Waals surface area contributed by atoms with Crippen LogP contribution < -0.4 is 14.2 Å². The van der Waals surface area contributed by atoms with Crippen molar-refractivity contribution in [1.82, 2.24) is 0 Å². The number of fused-ring (bicyclic) bond motifs is 5. The van der Waals surface area contributed by atoms with E-state index in [1.165, 1.54) is 10.8 Å². The van der Waals surface area contributed by atoms with Gasteiger partial charge in [0, 0.05) is 24.4 Å². The lowest BCUT2D eigenvalue weighted by Gasteiger charge is -2.18. The van der Waals surface area contributed by atoms with Gasteiger partial charge < -0.3 is 14.1 Å². The number of aryl methyl sites for hydroxylation is 1. The number of anilines is 1. The zero-order valence-corrected chi connectivity index (χ0v) is 24.2. The van der Waals surface area contributed by atoms with Gasteiger partial charge in [0.1, 0.15) is 0 Å². The second kappa shape index (κ2) is 11.2. The van der Waals surface area contributed by atoms with Crippen molar-refractivity contribution in [3.8, 4) is 5.75 Å². The van der Waals surface area contributed by atoms with E-state index in [0.29, 0.717) is 25.8 Å². The molecule has 41 heavy (non-hydrogen) atoms. The lowest BCUT2D eigenvalue weighted by molar-refractivity contribution is -0.684. The monoisotopic (exact) mass is 571 g/mol. The van der Waals surface area contributed by atoms with Crippen molar-refractivity contribution in [2.75, 3.05) is 17.2 Å². The third-order valence-corrected chi connectivity index (χ3v) is 8.76. The lowest BCUT2D eigenvalue weighted by atomic mass is 10.0. The maximum atomic E-state index is 11.3. The molecule has 2 heterocycles. The number of aromatic nitrogens is 1. The molecule has 0 amide bonds. The van der Waals surface area contributed by atoms with Gasteiger partial charge in [-0.25, -0.2) is 0 Å². The van der Waals surface area contributed by atoms with Crippen LogP contribution in [0.3, 0.4) is 0 Å². The highest BCUT2D eigenvalue weighted by atomic mass is 32.2. The van der Waals surface area contributed by atoms with Crippen molar-refractivity contribution < 1.29 is 26.7 Å². The third-order valence-electron chi connectivity index (χ3n) is 7.95. The van der Waals surface area contributed by atoms with Gasteiger partial charge >= 0.3 is 5.89 Å². The predicted octanol–water partition coefficient (Wildman–Crippen LogP) is 7.02. The predicted molar refractivity (Wildman–Crippen MR) is 163 cm³/mol. The molecule has 4 aromatic carbocycles. The Morgan fingerprint density at radius 2 is 1.68 bits per heavy atom. The molecule has 0 radical (unpaired) electrons. The number of allylic oxidation sites excluding steroid dienone is 1. The number of benzene rings is 4. The van der Waals surface area contributed by atoms with Gasteiger partial charge in [0.05, 0.1) is 17.9 Å². The van der Waals surface area contributed by atoms with Gasteiger partial charge in [-0.1, -0.05) is 61.5 Å². The van der Waals surface area contributed by atoms with Gasteiger partial charge in [0.15, 0.2) is 18.2 Å². The summed E-state index contributed by atoms with van der Waals surface area (Å²) in [6.07, 6.45) is 4.75. The summed E-state index contributed by atoms with van der Waals surface area (Å²) in [5.41, 5.74) is 2.90. The van der Waals surface area contributed by atoms with Gasteiger partial charge in [-0.15, -0.1) is 0 Å². The molecule has 0 saturated carbocycles. The Labute approximate surface area is 240 Å². The maximum absolute atomic E-state index is 11.3. The molecule has 1 atom stereocenters. The normalized spacial score (nSPS) is 15.2. The van der Waals surface area contributed by atoms with Crippen LogP contribution in [0.4, 0.5) is 5.69 Å². The van der Waals surface area contributed by atoms with E-state index in [1.807, 2.05) is 18.2 Å². The Kier molecular flexibility index (Phi) is 7.45. The van der Waals surface area contributed by atoms with Crippen LogP contribution in [0.25, 0.3) is 32.6 Å². The molecule has 0 spiro atoms. The Hall–Kier alpha value is -3.88. The largest absolute Gasteiger partial charge is 0.439 e. The van der Waals surface area contributed by atoms with Crippen LogP contribution in [0.5, 0.6) is 5.75 Å². The summed E-state index contributed by atoms with van der Waals surface area (Å²) >= 11 is 0. The van der Waals surface area contributed by atoms with Gasteiger partial charge in [0.2, 0.25) is 5.58 Å². The highest BCUT2D eigenvalue weighted by molar-refractivity contribution is 7.85. The minimum atomic E-state index is -3.99. The van der Waals surface area contributed by atoms with Crippen LogP contribution in [0, 0.1) is 5.92 Å². The molecule has 0 saturated heterocycles. The first-order chi connectivity index (χ1) is 19.8. The molecule has 0 aliphatic carbocycles. The highest BCUT2D eigenvalue weighted by Gasteiger charge is 2.30. The number of ether oxygens (including phenoxy) is 1. The van der Waals surface area contributed by atoms with Crippen molar-refractivity contribution >= 4 is 48.5 Å². The first-order valence-electron chi connectivity index (χ1n) is 14.3. The molecular weight excluding hydrogens is 536 g/mol. The summed E-state index contributed by atoms with van der Waals surface area (Å²) in [6.45, 7) is 5.69. The van der Waals surface area contributed by atoms with Gasteiger partial charge in [0.25, 0.3) is 15.6 Å². The van der Waals surface area contributed by atoms with E-state index >= 15 is 0 Å². The summed E-state index contributed by atoms with van der Waals surface area (Å²) < 4.78 is 46.8. The second-order valence-electron chi connectivity index (χ2n) is 10.7. The minimum absolute atomic E-state index is 0.152. The number of hydrogen-bond donors (Lipinski definition) is 1. The summed E-state index contributed by atoms with van der Waals surface area (Å²) in [4.78, 5) is 2.25. The molecule has 6 rings (SSSR count). The average Bonchev–Trinajstić information content (AvgIpc) is 3.49. The number of rotatable bonds is 10. The number of hydrogen-bond acceptors (Lipinski definition) is 5. The highest BCUT2D eigenvalue weighted by Crippen LogP contribution is 2.44. The molecular formula is C33H35N2O5S+. The third kappa shape index (κ3) is 5.54. The number of unbranched alkanes of at least 4 members (excludes halogenated alkanes) is 1. The average molecular weight is 572 g/mol. The Morgan fingerprint density at radius 3 is 2.41 bits per heavy atom. The lowest BCUT2D eigenvalue weighted by Crippen LogP contribution is -2.37. The zero-order chi connectivity index (χ0) is 28.6. The van der Waals surface area contributed by atoms with E-state index in [1.54, 1.807) is 0 Å². The summed E-state index contributed by atoms with van der Waals surface area (Å²) in [6, 6.07) is 24.9. The Morgan fingerprint density at radius 1 is 0.951 bits per heavy atom. The molecule has 1 N–H and O–H groups in total. The van der Waals surface area contributed by atoms with Crippen molar-refractivity contribution in [3.05, 3.63) is 90.6 Å². The molecule has 1 unspecified atom stereocenters. The van der Waals surface area contributed by atoms with Crippen LogP contribution >= 0.6 is 0 Å². The standard InChI is InChI=1S/C33H34N2O5S/c1-3-23(19-31-34(4-2)33-27-14-8-7-11-24(27)15-16-29(33)39-31)20-32-35(17-9-10-18-41(36,37)38)28-21-25-12-5-6-13-26(25)22-30(28)40-32/h5-8,11-16,19,21-23H,3-4,9-10,17-18,20H2,1-2H3/p+1/b31-19-. The van der Waals surface area contributed by atoms with Crippen LogP contribution in [0.15, 0.2) is 89.2 Å². The number of nitrogens with zero attached hydrogens (tertiary/aromatic N) is 2. The second-order valence-corrected chi connectivity index (χ2v) is 12.2. The van der Waals surface area contributed by atoms with E-state index in [9.17, 15) is 13.0 Å². The summed E-state index contributed by atoms with van der Waals surface area (Å²) in [5.74, 6) is 2.46. The van der Waals surface area contributed by atoms with E-state index in [2.05, 4.69) is 84.0 Å². The molecule has 5 aromatic rings. The Balaban J connectivity index is 1.33. The van der Waals surface area contributed by atoms with Crippen LogP contribution in [-0.4, -0.2) is 25.3 Å². The molecule has 8 heteroatoms. The molecule has 1 aliphatic heterocycles. The van der Waals surface area contributed by atoms with Crippen molar-refractivity contribution in [3.63, 3.8) is 0 Å².